The monoisotopic (exact) mass is 378 g/mol. The third-order valence-electron chi connectivity index (χ3n) is 3.57. The fourth-order valence-electron chi connectivity index (χ4n) is 2.30. The number of rotatable bonds is 5. The molecule has 1 heterocycles. The second-order valence-corrected chi connectivity index (χ2v) is 5.00. The Kier molecular flexibility index (Phi) is 9.20. The van der Waals surface area contributed by atoms with Crippen molar-refractivity contribution in [3.05, 3.63) is 29.8 Å². The minimum Gasteiger partial charge on any atom is -0.428 e. The molecule has 0 aliphatic carbocycles. The molecule has 0 saturated carbocycles. The number of benzene rings is 1. The molecule has 1 aromatic rings. The molecule has 9 heteroatoms. The van der Waals surface area contributed by atoms with Gasteiger partial charge in [0.15, 0.2) is 0 Å². The van der Waals surface area contributed by atoms with Crippen LogP contribution in [-0.4, -0.2) is 43.6 Å². The smallest absolute Gasteiger partial charge is 0.428 e. The Morgan fingerprint density at radius 3 is 2.09 bits per heavy atom. The summed E-state index contributed by atoms with van der Waals surface area (Å²) in [6, 6.07) is 5.98. The van der Waals surface area contributed by atoms with E-state index in [4.69, 9.17) is 0 Å². The fraction of sp³-hybridized carbons (Fsp3) is 0.571. The highest BCUT2D eigenvalue weighted by Gasteiger charge is 2.43. The van der Waals surface area contributed by atoms with Crippen LogP contribution in [0.15, 0.2) is 24.3 Å². The van der Waals surface area contributed by atoms with Gasteiger partial charge in [0.1, 0.15) is 5.75 Å². The van der Waals surface area contributed by atoms with Crippen molar-refractivity contribution in [3.8, 4) is 5.75 Å². The Balaban J connectivity index is 0.00000242. The number of piperazine rings is 1. The van der Waals surface area contributed by atoms with Crippen LogP contribution in [-0.2, 0) is 0 Å². The first-order valence-corrected chi connectivity index (χ1v) is 6.80. The zero-order valence-corrected chi connectivity index (χ0v) is 14.1. The van der Waals surface area contributed by atoms with E-state index in [0.29, 0.717) is 0 Å². The Bertz CT molecular complexity index is 457. The number of hydrogen-bond acceptors (Lipinski definition) is 3. The van der Waals surface area contributed by atoms with E-state index in [0.717, 1.165) is 31.7 Å². The Morgan fingerprint density at radius 1 is 1.09 bits per heavy atom. The summed E-state index contributed by atoms with van der Waals surface area (Å²) in [7, 11) is 0. The van der Waals surface area contributed by atoms with Gasteiger partial charge in [0, 0.05) is 32.2 Å². The van der Waals surface area contributed by atoms with Crippen molar-refractivity contribution in [2.45, 2.75) is 25.5 Å². The largest absolute Gasteiger partial charge is 0.461 e. The van der Waals surface area contributed by atoms with Crippen LogP contribution in [0.1, 0.15) is 18.5 Å². The number of ether oxygens (including phenoxy) is 1. The molecule has 0 bridgehead atoms. The van der Waals surface area contributed by atoms with Gasteiger partial charge in [-0.3, -0.25) is 4.90 Å². The van der Waals surface area contributed by atoms with Crippen molar-refractivity contribution in [2.24, 2.45) is 0 Å². The number of hydrogen-bond donors (Lipinski definition) is 1. The van der Waals surface area contributed by atoms with E-state index in [9.17, 15) is 17.6 Å². The molecule has 1 saturated heterocycles. The molecule has 23 heavy (non-hydrogen) atoms. The van der Waals surface area contributed by atoms with Crippen molar-refractivity contribution in [1.29, 1.82) is 0 Å². The van der Waals surface area contributed by atoms with Crippen molar-refractivity contribution >= 4 is 24.8 Å². The summed E-state index contributed by atoms with van der Waals surface area (Å²) in [5.41, 5.74) is 0.935. The van der Waals surface area contributed by atoms with Crippen LogP contribution < -0.4 is 10.1 Å². The highest BCUT2D eigenvalue weighted by Crippen LogP contribution is 2.29. The second kappa shape index (κ2) is 9.52. The zero-order valence-electron chi connectivity index (χ0n) is 12.5. The van der Waals surface area contributed by atoms with E-state index in [1.54, 1.807) is 12.1 Å². The molecule has 1 aromatic carbocycles. The van der Waals surface area contributed by atoms with Crippen LogP contribution in [0.25, 0.3) is 0 Å². The van der Waals surface area contributed by atoms with Crippen molar-refractivity contribution in [2.75, 3.05) is 26.2 Å². The third kappa shape index (κ3) is 5.99. The van der Waals surface area contributed by atoms with Gasteiger partial charge in [0.05, 0.1) is 0 Å². The van der Waals surface area contributed by atoms with E-state index in [2.05, 4.69) is 15.0 Å². The molecule has 1 fully saturated rings. The lowest BCUT2D eigenvalue weighted by atomic mass is 10.1. The number of alkyl halides is 4. The van der Waals surface area contributed by atoms with E-state index in [1.165, 1.54) is 12.1 Å². The zero-order chi connectivity index (χ0) is 15.5. The van der Waals surface area contributed by atoms with E-state index >= 15 is 0 Å². The first-order valence-electron chi connectivity index (χ1n) is 6.80. The maximum atomic E-state index is 12.8. The van der Waals surface area contributed by atoms with Gasteiger partial charge in [0.2, 0.25) is 0 Å². The molecule has 1 atom stereocenters. The fourth-order valence-corrected chi connectivity index (χ4v) is 2.30. The molecule has 1 aliphatic heterocycles. The van der Waals surface area contributed by atoms with Gasteiger partial charge in [0.25, 0.3) is 0 Å². The van der Waals surface area contributed by atoms with Gasteiger partial charge < -0.3 is 10.1 Å². The summed E-state index contributed by atoms with van der Waals surface area (Å²) < 4.78 is 53.7. The van der Waals surface area contributed by atoms with Gasteiger partial charge >= 0.3 is 12.5 Å². The van der Waals surface area contributed by atoms with Crippen molar-refractivity contribution < 1.29 is 22.3 Å². The molecule has 1 N–H and O–H groups in total. The minimum atomic E-state index is -4.47. The summed E-state index contributed by atoms with van der Waals surface area (Å²) >= 11 is 0. The SMILES string of the molecule is C[C@@H](c1ccc(OC(F)(F)C(F)F)cc1)N1CCNCC1.Cl.Cl. The van der Waals surface area contributed by atoms with E-state index in [-0.39, 0.29) is 36.6 Å². The predicted octanol–water partition coefficient (Wildman–Crippen LogP) is 3.73. The topological polar surface area (TPSA) is 24.5 Å². The Hall–Kier alpha value is -0.760. The Morgan fingerprint density at radius 2 is 1.61 bits per heavy atom. The lowest BCUT2D eigenvalue weighted by molar-refractivity contribution is -0.253. The van der Waals surface area contributed by atoms with Crippen LogP contribution in [0.2, 0.25) is 0 Å². The normalized spacial score (nSPS) is 17.1. The maximum absolute atomic E-state index is 12.8. The van der Waals surface area contributed by atoms with Crippen LogP contribution in [0.5, 0.6) is 5.75 Å². The molecule has 134 valence electrons. The summed E-state index contributed by atoms with van der Waals surface area (Å²) in [6.07, 6.45) is -8.32. The lowest BCUT2D eigenvalue weighted by Gasteiger charge is -2.33. The van der Waals surface area contributed by atoms with E-state index in [1.807, 2.05) is 6.92 Å². The Labute approximate surface area is 145 Å². The van der Waals surface area contributed by atoms with Crippen LogP contribution in [0, 0.1) is 0 Å². The second-order valence-electron chi connectivity index (χ2n) is 5.00. The minimum absolute atomic E-state index is 0. The number of halogens is 6. The average molecular weight is 379 g/mol. The molecule has 2 rings (SSSR count). The summed E-state index contributed by atoms with van der Waals surface area (Å²) in [4.78, 5) is 2.26. The van der Waals surface area contributed by atoms with Crippen molar-refractivity contribution in [1.82, 2.24) is 10.2 Å². The van der Waals surface area contributed by atoms with Gasteiger partial charge in [-0.25, -0.2) is 0 Å². The predicted molar refractivity (Wildman–Crippen MR) is 85.4 cm³/mol. The van der Waals surface area contributed by atoms with Crippen LogP contribution >= 0.6 is 24.8 Å². The highest BCUT2D eigenvalue weighted by molar-refractivity contribution is 5.85. The first kappa shape index (κ1) is 22.2. The van der Waals surface area contributed by atoms with E-state index < -0.39 is 12.5 Å². The molecule has 1 aliphatic rings. The van der Waals surface area contributed by atoms with Gasteiger partial charge in [-0.2, -0.15) is 17.6 Å². The van der Waals surface area contributed by atoms with Gasteiger partial charge in [-0.15, -0.1) is 24.8 Å². The molecular formula is C14H20Cl2F4N2O. The van der Waals surface area contributed by atoms with Crippen molar-refractivity contribution in [3.63, 3.8) is 0 Å². The molecule has 0 spiro atoms. The van der Waals surface area contributed by atoms with Crippen LogP contribution in [0.4, 0.5) is 17.6 Å². The van der Waals surface area contributed by atoms with Gasteiger partial charge in [-0.1, -0.05) is 12.1 Å². The third-order valence-corrected chi connectivity index (χ3v) is 3.57. The van der Waals surface area contributed by atoms with Gasteiger partial charge in [-0.05, 0) is 24.6 Å². The summed E-state index contributed by atoms with van der Waals surface area (Å²) in [6.45, 7) is 5.65. The van der Waals surface area contributed by atoms with Crippen LogP contribution in [0.3, 0.4) is 0 Å². The molecule has 0 radical (unpaired) electrons. The molecular weight excluding hydrogens is 359 g/mol. The highest BCUT2D eigenvalue weighted by atomic mass is 35.5. The standard InChI is InChI=1S/C14H18F4N2O.2ClH/c1-10(20-8-6-19-7-9-20)11-2-4-12(5-3-11)21-14(17,18)13(15)16;;/h2-5,10,13,19H,6-9H2,1H3;2*1H/t10-;;/m0../s1. The number of nitrogens with zero attached hydrogens (tertiary/aromatic N) is 1. The first-order chi connectivity index (χ1) is 9.90. The molecule has 0 unspecified atom stereocenters. The number of nitrogens with one attached hydrogen (secondary N) is 1. The molecule has 0 amide bonds. The summed E-state index contributed by atoms with van der Waals surface area (Å²) in [5.74, 6) is -0.267. The molecule has 0 aromatic heterocycles. The average Bonchev–Trinajstić information content (AvgIpc) is 2.48. The lowest BCUT2D eigenvalue weighted by Crippen LogP contribution is -2.44. The maximum Gasteiger partial charge on any atom is 0.461 e. The molecule has 3 nitrogen and oxygen atoms in total. The quantitative estimate of drug-likeness (QED) is 0.790. The summed E-state index contributed by atoms with van der Waals surface area (Å²) in [5, 5.41) is 3.25.